The monoisotopic (exact) mass is 162 g/mol. The lowest BCUT2D eigenvalue weighted by molar-refractivity contribution is 0.0850. The van der Waals surface area contributed by atoms with Crippen LogP contribution in [0.15, 0.2) is 0 Å². The molecule has 0 aliphatic heterocycles. The summed E-state index contributed by atoms with van der Waals surface area (Å²) in [6.45, 7) is 4.13. The van der Waals surface area contributed by atoms with Gasteiger partial charge in [0.25, 0.3) is 0 Å². The molecule has 0 fully saturated rings. The van der Waals surface area contributed by atoms with Gasteiger partial charge in [0.2, 0.25) is 0 Å². The van der Waals surface area contributed by atoms with Gasteiger partial charge in [0, 0.05) is 12.6 Å². The molecule has 0 aromatic carbocycles. The molecule has 0 radical (unpaired) electrons. The van der Waals surface area contributed by atoms with E-state index in [2.05, 4.69) is 4.84 Å². The van der Waals surface area contributed by atoms with Crippen LogP contribution in [0.2, 0.25) is 0 Å². The molecule has 5 nitrogen and oxygen atoms in total. The van der Waals surface area contributed by atoms with Crippen LogP contribution in [0.25, 0.3) is 0 Å². The molecule has 66 valence electrons. The number of carbonyl (C=O) groups is 1. The maximum absolute atomic E-state index is 10.5. The third-order valence-corrected chi connectivity index (χ3v) is 1.32. The Morgan fingerprint density at radius 2 is 2.27 bits per heavy atom. The number of nitrogens with zero attached hydrogens (tertiary/aromatic N) is 1. The van der Waals surface area contributed by atoms with E-state index in [-0.39, 0.29) is 12.6 Å². The topological polar surface area (TPSA) is 75.8 Å². The molecule has 0 aliphatic rings. The Morgan fingerprint density at radius 3 is 2.55 bits per heavy atom. The van der Waals surface area contributed by atoms with Crippen LogP contribution in [0.1, 0.15) is 13.8 Å². The summed E-state index contributed by atoms with van der Waals surface area (Å²) < 4.78 is 0. The van der Waals surface area contributed by atoms with Crippen LogP contribution in [-0.4, -0.2) is 35.3 Å². The van der Waals surface area contributed by atoms with Gasteiger partial charge in [-0.2, -0.15) is 0 Å². The number of carboxylic acid groups (broad SMARTS) is 1. The van der Waals surface area contributed by atoms with Crippen LogP contribution in [-0.2, 0) is 4.84 Å². The van der Waals surface area contributed by atoms with E-state index in [0.29, 0.717) is 6.54 Å². The molecule has 0 unspecified atom stereocenters. The highest BCUT2D eigenvalue weighted by atomic mass is 16.6. The predicted octanol–water partition coefficient (Wildman–Crippen LogP) is 0.265. The summed E-state index contributed by atoms with van der Waals surface area (Å²) in [6.07, 6.45) is -0.947. The van der Waals surface area contributed by atoms with Gasteiger partial charge >= 0.3 is 6.09 Å². The lowest BCUT2D eigenvalue weighted by Gasteiger charge is -2.22. The molecule has 5 heteroatoms. The number of nitrogens with two attached hydrogens (primary N) is 1. The molecule has 0 atom stereocenters. The molecule has 0 saturated carbocycles. The van der Waals surface area contributed by atoms with Crippen LogP contribution < -0.4 is 5.90 Å². The standard InChI is InChI=1S/C6H14N2O3/c1-5(2)8(6(9)10)3-4-11-7/h5H,3-4,7H2,1-2H3,(H,9,10). The van der Waals surface area contributed by atoms with E-state index >= 15 is 0 Å². The number of hydrogen-bond acceptors (Lipinski definition) is 3. The van der Waals surface area contributed by atoms with Gasteiger partial charge in [0.15, 0.2) is 0 Å². The van der Waals surface area contributed by atoms with Crippen LogP contribution in [0, 0.1) is 0 Å². The third-order valence-electron chi connectivity index (χ3n) is 1.32. The maximum Gasteiger partial charge on any atom is 0.407 e. The van der Waals surface area contributed by atoms with Crippen molar-refractivity contribution in [2.24, 2.45) is 5.90 Å². The zero-order chi connectivity index (χ0) is 8.85. The Morgan fingerprint density at radius 1 is 1.73 bits per heavy atom. The van der Waals surface area contributed by atoms with Crippen molar-refractivity contribution in [1.82, 2.24) is 4.90 Å². The fourth-order valence-electron chi connectivity index (χ4n) is 0.726. The van der Waals surface area contributed by atoms with Crippen LogP contribution in [0.3, 0.4) is 0 Å². The predicted molar refractivity (Wildman–Crippen MR) is 40.0 cm³/mol. The Labute approximate surface area is 65.7 Å². The van der Waals surface area contributed by atoms with E-state index in [1.54, 1.807) is 13.8 Å². The quantitative estimate of drug-likeness (QED) is 0.581. The normalized spacial score (nSPS) is 10.2. The summed E-state index contributed by atoms with van der Waals surface area (Å²) >= 11 is 0. The summed E-state index contributed by atoms with van der Waals surface area (Å²) in [4.78, 5) is 16.0. The molecule has 0 bridgehead atoms. The van der Waals surface area contributed by atoms with Crippen molar-refractivity contribution in [2.45, 2.75) is 19.9 Å². The van der Waals surface area contributed by atoms with Gasteiger partial charge in [-0.3, -0.25) is 0 Å². The van der Waals surface area contributed by atoms with Gasteiger partial charge in [0.1, 0.15) is 0 Å². The lowest BCUT2D eigenvalue weighted by Crippen LogP contribution is -2.38. The van der Waals surface area contributed by atoms with Crippen LogP contribution in [0.4, 0.5) is 4.79 Å². The van der Waals surface area contributed by atoms with E-state index in [4.69, 9.17) is 11.0 Å². The Bertz CT molecular complexity index is 127. The van der Waals surface area contributed by atoms with Gasteiger partial charge in [-0.15, -0.1) is 0 Å². The molecule has 0 spiro atoms. The number of rotatable bonds is 4. The van der Waals surface area contributed by atoms with Crippen molar-refractivity contribution in [3.8, 4) is 0 Å². The highest BCUT2D eigenvalue weighted by Gasteiger charge is 2.14. The second-order valence-corrected chi connectivity index (χ2v) is 2.44. The van der Waals surface area contributed by atoms with Gasteiger partial charge in [-0.05, 0) is 13.8 Å². The van der Waals surface area contributed by atoms with Crippen molar-refractivity contribution in [2.75, 3.05) is 13.2 Å². The van der Waals surface area contributed by atoms with E-state index in [1.165, 1.54) is 4.90 Å². The first kappa shape index (κ1) is 10.2. The Balaban J connectivity index is 3.80. The van der Waals surface area contributed by atoms with Crippen molar-refractivity contribution in [3.63, 3.8) is 0 Å². The summed E-state index contributed by atoms with van der Waals surface area (Å²) in [5.74, 6) is 4.76. The van der Waals surface area contributed by atoms with E-state index < -0.39 is 6.09 Å². The molecule has 0 saturated heterocycles. The minimum atomic E-state index is -0.947. The Kier molecular flexibility index (Phi) is 4.56. The van der Waals surface area contributed by atoms with Crippen LogP contribution in [0.5, 0.6) is 0 Å². The first-order chi connectivity index (χ1) is 5.09. The van der Waals surface area contributed by atoms with E-state index in [1.807, 2.05) is 0 Å². The SMILES string of the molecule is CC(C)N(CCON)C(=O)O. The second-order valence-electron chi connectivity index (χ2n) is 2.44. The Hall–Kier alpha value is -0.810. The highest BCUT2D eigenvalue weighted by Crippen LogP contribution is 1.97. The number of amides is 1. The lowest BCUT2D eigenvalue weighted by atomic mass is 10.3. The number of hydrogen-bond donors (Lipinski definition) is 2. The first-order valence-corrected chi connectivity index (χ1v) is 3.40. The fourth-order valence-corrected chi connectivity index (χ4v) is 0.726. The van der Waals surface area contributed by atoms with Crippen molar-refractivity contribution in [1.29, 1.82) is 0 Å². The molecule has 0 heterocycles. The molecule has 3 N–H and O–H groups in total. The summed E-state index contributed by atoms with van der Waals surface area (Å²) in [6, 6.07) is -0.0392. The average molecular weight is 162 g/mol. The van der Waals surface area contributed by atoms with E-state index in [9.17, 15) is 4.79 Å². The molecule has 0 aromatic rings. The minimum absolute atomic E-state index is 0.0392. The van der Waals surface area contributed by atoms with Crippen molar-refractivity contribution in [3.05, 3.63) is 0 Å². The zero-order valence-corrected chi connectivity index (χ0v) is 6.78. The summed E-state index contributed by atoms with van der Waals surface area (Å²) in [5, 5.41) is 8.60. The average Bonchev–Trinajstić information content (AvgIpc) is 1.87. The minimum Gasteiger partial charge on any atom is -0.465 e. The molecular weight excluding hydrogens is 148 g/mol. The van der Waals surface area contributed by atoms with Gasteiger partial charge in [-0.1, -0.05) is 0 Å². The van der Waals surface area contributed by atoms with Crippen LogP contribution >= 0.6 is 0 Å². The maximum atomic E-state index is 10.5. The fraction of sp³-hybridized carbons (Fsp3) is 0.833. The molecule has 0 rings (SSSR count). The zero-order valence-electron chi connectivity index (χ0n) is 6.78. The molecule has 0 aromatic heterocycles. The third kappa shape index (κ3) is 3.79. The second kappa shape index (κ2) is 4.92. The van der Waals surface area contributed by atoms with E-state index in [0.717, 1.165) is 0 Å². The van der Waals surface area contributed by atoms with Gasteiger partial charge < -0.3 is 14.8 Å². The molecular formula is C6H14N2O3. The molecule has 1 amide bonds. The highest BCUT2D eigenvalue weighted by molar-refractivity contribution is 5.65. The van der Waals surface area contributed by atoms with Gasteiger partial charge in [0.05, 0.1) is 6.61 Å². The smallest absolute Gasteiger partial charge is 0.407 e. The van der Waals surface area contributed by atoms with Crippen molar-refractivity contribution >= 4 is 6.09 Å². The van der Waals surface area contributed by atoms with Gasteiger partial charge in [-0.25, -0.2) is 10.7 Å². The summed E-state index contributed by atoms with van der Waals surface area (Å²) in [5.41, 5.74) is 0. The first-order valence-electron chi connectivity index (χ1n) is 3.40. The molecule has 11 heavy (non-hydrogen) atoms. The molecule has 0 aliphatic carbocycles. The van der Waals surface area contributed by atoms with Crippen molar-refractivity contribution < 1.29 is 14.7 Å². The largest absolute Gasteiger partial charge is 0.465 e. The summed E-state index contributed by atoms with van der Waals surface area (Å²) in [7, 11) is 0.